The Hall–Kier alpha value is -3.01. The molecule has 210 valence electrons. The first kappa shape index (κ1) is 25.9. The third-order valence-corrected chi connectivity index (χ3v) is 10.8. The Morgan fingerprint density at radius 1 is 1.02 bits per heavy atom. The van der Waals surface area contributed by atoms with Crippen LogP contribution in [0.1, 0.15) is 43.4 Å². The third-order valence-electron chi connectivity index (χ3n) is 8.94. The Morgan fingerprint density at radius 3 is 2.60 bits per heavy atom. The zero-order chi connectivity index (χ0) is 27.3. The van der Waals surface area contributed by atoms with Gasteiger partial charge in [-0.15, -0.1) is 0 Å². The highest BCUT2D eigenvalue weighted by Gasteiger charge is 2.46. The van der Waals surface area contributed by atoms with Crippen LogP contribution in [0.3, 0.4) is 0 Å². The maximum Gasteiger partial charge on any atom is 0.243 e. The van der Waals surface area contributed by atoms with Crippen molar-refractivity contribution in [2.45, 2.75) is 43.4 Å². The summed E-state index contributed by atoms with van der Waals surface area (Å²) in [6.45, 7) is 3.94. The van der Waals surface area contributed by atoms with Gasteiger partial charge in [0.1, 0.15) is 5.82 Å². The maximum absolute atomic E-state index is 14.0. The van der Waals surface area contributed by atoms with Gasteiger partial charge >= 0.3 is 0 Å². The summed E-state index contributed by atoms with van der Waals surface area (Å²) in [6.07, 6.45) is 10.0. The number of benzene rings is 2. The van der Waals surface area contributed by atoms with Crippen LogP contribution in [-0.2, 0) is 21.2 Å². The van der Waals surface area contributed by atoms with Crippen LogP contribution in [0, 0.1) is 17.2 Å². The number of rotatable bonds is 8. The topological polar surface area (TPSA) is 67.7 Å². The molecule has 0 N–H and O–H groups in total. The summed E-state index contributed by atoms with van der Waals surface area (Å²) in [5, 5.41) is 4.64. The smallest absolute Gasteiger partial charge is 0.243 e. The Bertz CT molecular complexity index is 1540. The fourth-order valence-corrected chi connectivity index (χ4v) is 8.05. The van der Waals surface area contributed by atoms with Crippen molar-refractivity contribution in [2.75, 3.05) is 44.3 Å². The van der Waals surface area contributed by atoms with Gasteiger partial charge in [-0.3, -0.25) is 0 Å². The van der Waals surface area contributed by atoms with Crippen molar-refractivity contribution < 1.29 is 17.5 Å². The molecule has 0 amide bonds. The maximum atomic E-state index is 14.0. The summed E-state index contributed by atoms with van der Waals surface area (Å²) in [6, 6.07) is 13.8. The molecule has 1 atom stereocenters. The van der Waals surface area contributed by atoms with Gasteiger partial charge in [0.05, 0.1) is 29.1 Å². The number of piperidine rings is 1. The van der Waals surface area contributed by atoms with Crippen LogP contribution in [0.5, 0.6) is 0 Å². The van der Waals surface area contributed by atoms with Crippen LogP contribution in [-0.4, -0.2) is 61.9 Å². The summed E-state index contributed by atoms with van der Waals surface area (Å²) in [5.41, 5.74) is 4.57. The van der Waals surface area contributed by atoms with Crippen LogP contribution < -0.4 is 4.90 Å². The minimum atomic E-state index is -3.68. The van der Waals surface area contributed by atoms with E-state index < -0.39 is 15.4 Å². The van der Waals surface area contributed by atoms with Gasteiger partial charge in [-0.25, -0.2) is 17.5 Å². The molecule has 0 unspecified atom stereocenters. The normalized spacial score (nSPS) is 23.1. The summed E-state index contributed by atoms with van der Waals surface area (Å²) in [4.78, 5) is 2.63. The standard InChI is InChI=1S/C31H35FN4O3S/c32-26-8-10-27(11-9-26)36-30-16-25-12-15-35(21-31(25,18-24(30)19-33-36)22-39-20-23-6-7-23)40(37,38)29-5-3-4-28(17-29)34-13-1-2-14-34/h3-5,8-11,16-17,19,23H,1-2,6-7,12-15,18,20-22H2/t31-/m1/s1. The molecular formula is C31H35FN4O3S. The number of hydrogen-bond acceptors (Lipinski definition) is 5. The molecular weight excluding hydrogens is 527 g/mol. The molecule has 3 heterocycles. The van der Waals surface area contributed by atoms with Crippen molar-refractivity contribution in [1.29, 1.82) is 0 Å². The predicted octanol–water partition coefficient (Wildman–Crippen LogP) is 5.06. The van der Waals surface area contributed by atoms with Crippen molar-refractivity contribution in [1.82, 2.24) is 14.1 Å². The molecule has 7 rings (SSSR count). The number of nitrogens with zero attached hydrogens (tertiary/aromatic N) is 4. The van der Waals surface area contributed by atoms with Gasteiger partial charge in [0.25, 0.3) is 0 Å². The highest BCUT2D eigenvalue weighted by Crippen LogP contribution is 2.46. The Morgan fingerprint density at radius 2 is 1.82 bits per heavy atom. The average Bonchev–Trinajstić information content (AvgIpc) is 3.45. The molecule has 4 aliphatic rings. The molecule has 9 heteroatoms. The van der Waals surface area contributed by atoms with Gasteiger partial charge in [0.15, 0.2) is 0 Å². The van der Waals surface area contributed by atoms with Gasteiger partial charge < -0.3 is 9.64 Å². The highest BCUT2D eigenvalue weighted by atomic mass is 32.2. The zero-order valence-electron chi connectivity index (χ0n) is 22.6. The summed E-state index contributed by atoms with van der Waals surface area (Å²) < 4.78 is 51.4. The van der Waals surface area contributed by atoms with E-state index in [4.69, 9.17) is 4.74 Å². The molecule has 0 bridgehead atoms. The van der Waals surface area contributed by atoms with Crippen molar-refractivity contribution in [3.8, 4) is 5.69 Å². The molecule has 3 fully saturated rings. The van der Waals surface area contributed by atoms with E-state index in [9.17, 15) is 12.8 Å². The van der Waals surface area contributed by atoms with E-state index in [2.05, 4.69) is 16.1 Å². The monoisotopic (exact) mass is 562 g/mol. The minimum absolute atomic E-state index is 0.283. The van der Waals surface area contributed by atoms with Crippen LogP contribution in [0.2, 0.25) is 0 Å². The number of halogens is 1. The minimum Gasteiger partial charge on any atom is -0.380 e. The molecule has 2 saturated heterocycles. The van der Waals surface area contributed by atoms with Crippen molar-refractivity contribution in [2.24, 2.45) is 11.3 Å². The third kappa shape index (κ3) is 4.78. The lowest BCUT2D eigenvalue weighted by Gasteiger charge is -2.46. The molecule has 2 aliphatic heterocycles. The van der Waals surface area contributed by atoms with E-state index in [0.717, 1.165) is 55.2 Å². The van der Waals surface area contributed by atoms with Crippen LogP contribution in [0.25, 0.3) is 11.8 Å². The number of ether oxygens (including phenoxy) is 1. The summed E-state index contributed by atoms with van der Waals surface area (Å²) in [7, 11) is -3.68. The first-order valence-corrected chi connectivity index (χ1v) is 15.8. The van der Waals surface area contributed by atoms with Crippen molar-refractivity contribution in [3.63, 3.8) is 0 Å². The molecule has 1 aromatic heterocycles. The fourth-order valence-electron chi connectivity index (χ4n) is 6.49. The molecule has 40 heavy (non-hydrogen) atoms. The Labute approximate surface area is 235 Å². The second-order valence-electron chi connectivity index (χ2n) is 11.8. The van der Waals surface area contributed by atoms with E-state index in [-0.39, 0.29) is 5.82 Å². The van der Waals surface area contributed by atoms with Crippen LogP contribution in [0.4, 0.5) is 10.1 Å². The second-order valence-corrected chi connectivity index (χ2v) is 13.7. The van der Waals surface area contributed by atoms with E-state index in [0.29, 0.717) is 43.4 Å². The lowest BCUT2D eigenvalue weighted by atomic mass is 9.69. The van der Waals surface area contributed by atoms with Gasteiger partial charge in [-0.1, -0.05) is 11.6 Å². The van der Waals surface area contributed by atoms with Crippen molar-refractivity contribution in [3.05, 3.63) is 77.4 Å². The summed E-state index contributed by atoms with van der Waals surface area (Å²) in [5.74, 6) is 0.343. The second kappa shape index (κ2) is 10.1. The zero-order valence-corrected chi connectivity index (χ0v) is 23.5. The first-order chi connectivity index (χ1) is 19.4. The Balaban J connectivity index is 1.20. The molecule has 2 aromatic carbocycles. The van der Waals surface area contributed by atoms with Gasteiger partial charge in [-0.2, -0.15) is 9.40 Å². The van der Waals surface area contributed by atoms with Gasteiger partial charge in [-0.05, 0) is 98.5 Å². The number of sulfonamides is 1. The van der Waals surface area contributed by atoms with E-state index in [1.807, 2.05) is 29.1 Å². The molecule has 0 spiro atoms. The number of fused-ring (bicyclic) bond motifs is 2. The molecule has 7 nitrogen and oxygen atoms in total. The van der Waals surface area contributed by atoms with Crippen LogP contribution >= 0.6 is 0 Å². The molecule has 2 aliphatic carbocycles. The quantitative estimate of drug-likeness (QED) is 0.384. The van der Waals surface area contributed by atoms with Gasteiger partial charge in [0.2, 0.25) is 10.0 Å². The largest absolute Gasteiger partial charge is 0.380 e. The van der Waals surface area contributed by atoms with Crippen molar-refractivity contribution >= 4 is 21.8 Å². The fraction of sp³-hybridized carbons (Fsp3) is 0.452. The molecule has 1 saturated carbocycles. The lowest BCUT2D eigenvalue weighted by molar-refractivity contribution is 0.0358. The summed E-state index contributed by atoms with van der Waals surface area (Å²) >= 11 is 0. The average molecular weight is 563 g/mol. The lowest BCUT2D eigenvalue weighted by Crippen LogP contribution is -2.51. The predicted molar refractivity (Wildman–Crippen MR) is 152 cm³/mol. The van der Waals surface area contributed by atoms with Crippen LogP contribution in [0.15, 0.2) is 65.2 Å². The SMILES string of the molecule is O=S(=O)(c1cccc(N2CCCC2)c1)N1CCC2=Cc3c(cnn3-c3ccc(F)cc3)C[C@]2(COCC2CC2)C1. The first-order valence-electron chi connectivity index (χ1n) is 14.4. The van der Waals surface area contributed by atoms with E-state index in [1.54, 1.807) is 22.5 Å². The Kier molecular flexibility index (Phi) is 6.56. The number of aromatic nitrogens is 2. The highest BCUT2D eigenvalue weighted by molar-refractivity contribution is 7.89. The molecule has 3 aromatic rings. The molecule has 0 radical (unpaired) electrons. The number of hydrogen-bond donors (Lipinski definition) is 0. The van der Waals surface area contributed by atoms with E-state index in [1.165, 1.54) is 30.5 Å². The number of anilines is 1. The van der Waals surface area contributed by atoms with Gasteiger partial charge in [0, 0.05) is 43.9 Å². The van der Waals surface area contributed by atoms with E-state index >= 15 is 0 Å².